The predicted molar refractivity (Wildman–Crippen MR) is 72.0 cm³/mol. The third kappa shape index (κ3) is 2.38. The maximum atomic E-state index is 10.8. The molecule has 0 atom stereocenters. The molecule has 0 radical (unpaired) electrons. The van der Waals surface area contributed by atoms with Crippen LogP contribution < -0.4 is 0 Å². The van der Waals surface area contributed by atoms with Gasteiger partial charge in [0.1, 0.15) is 0 Å². The zero-order chi connectivity index (χ0) is 13.2. The maximum Gasteiger partial charge on any atom is 0.307 e. The molecule has 4 heteroatoms. The monoisotopic (exact) mass is 256 g/mol. The van der Waals surface area contributed by atoms with E-state index in [4.69, 9.17) is 5.11 Å². The van der Waals surface area contributed by atoms with E-state index in [0.717, 1.165) is 29.7 Å². The van der Waals surface area contributed by atoms with Gasteiger partial charge in [0.05, 0.1) is 18.3 Å². The summed E-state index contributed by atoms with van der Waals surface area (Å²) in [6.45, 7) is 0. The highest BCUT2D eigenvalue weighted by Gasteiger charge is 2.14. The van der Waals surface area contributed by atoms with Crippen molar-refractivity contribution in [3.8, 4) is 11.3 Å². The van der Waals surface area contributed by atoms with Crippen LogP contribution in [0.1, 0.15) is 29.5 Å². The van der Waals surface area contributed by atoms with Crippen LogP contribution in [0.3, 0.4) is 0 Å². The molecule has 19 heavy (non-hydrogen) atoms. The lowest BCUT2D eigenvalue weighted by molar-refractivity contribution is -0.136. The number of aliphatic carboxylic acids is 1. The van der Waals surface area contributed by atoms with Crippen LogP contribution in [0.25, 0.3) is 11.3 Å². The van der Waals surface area contributed by atoms with Crippen LogP contribution in [0.15, 0.2) is 24.4 Å². The van der Waals surface area contributed by atoms with E-state index in [0.29, 0.717) is 0 Å². The Labute approximate surface area is 111 Å². The minimum absolute atomic E-state index is 0.00289. The molecule has 1 aromatic carbocycles. The number of nitrogens with one attached hydrogen (secondary N) is 1. The first-order valence-electron chi connectivity index (χ1n) is 6.60. The second-order valence-electron chi connectivity index (χ2n) is 5.03. The number of aromatic amines is 1. The first kappa shape index (κ1) is 12.0. The number of carboxylic acids is 1. The summed E-state index contributed by atoms with van der Waals surface area (Å²) in [5.74, 6) is -0.833. The minimum Gasteiger partial charge on any atom is -0.481 e. The number of carboxylic acid groups (broad SMARTS) is 1. The molecule has 0 aliphatic heterocycles. The van der Waals surface area contributed by atoms with Gasteiger partial charge in [0.25, 0.3) is 0 Å². The molecule has 0 bridgehead atoms. The second-order valence-corrected chi connectivity index (χ2v) is 5.03. The van der Waals surface area contributed by atoms with Gasteiger partial charge < -0.3 is 5.11 Å². The fraction of sp³-hybridized carbons (Fsp3) is 0.333. The topological polar surface area (TPSA) is 66.0 Å². The molecule has 2 N–H and O–H groups in total. The van der Waals surface area contributed by atoms with Gasteiger partial charge in [-0.2, -0.15) is 5.10 Å². The summed E-state index contributed by atoms with van der Waals surface area (Å²) < 4.78 is 0. The summed E-state index contributed by atoms with van der Waals surface area (Å²) in [6.07, 6.45) is 6.38. The number of aromatic nitrogens is 2. The first-order chi connectivity index (χ1) is 9.24. The summed E-state index contributed by atoms with van der Waals surface area (Å²) in [5.41, 5.74) is 5.42. The van der Waals surface area contributed by atoms with Gasteiger partial charge in [-0.25, -0.2) is 0 Å². The highest BCUT2D eigenvalue weighted by Crippen LogP contribution is 2.28. The summed E-state index contributed by atoms with van der Waals surface area (Å²) >= 11 is 0. The number of hydrogen-bond donors (Lipinski definition) is 2. The van der Waals surface area contributed by atoms with E-state index >= 15 is 0 Å². The SMILES string of the molecule is O=C(O)Cc1cn[nH]c1-c1ccc2c(c1)CCCC2. The lowest BCUT2D eigenvalue weighted by Crippen LogP contribution is -2.03. The fourth-order valence-corrected chi connectivity index (χ4v) is 2.75. The van der Waals surface area contributed by atoms with Gasteiger partial charge in [-0.3, -0.25) is 9.89 Å². The first-order valence-corrected chi connectivity index (χ1v) is 6.60. The van der Waals surface area contributed by atoms with Crippen molar-refractivity contribution in [2.75, 3.05) is 0 Å². The molecule has 0 saturated carbocycles. The Bertz CT molecular complexity index is 616. The standard InChI is InChI=1S/C15H16N2O2/c18-14(19)8-13-9-16-17-15(13)12-6-5-10-3-1-2-4-11(10)7-12/h5-7,9H,1-4,8H2,(H,16,17)(H,18,19). The van der Waals surface area contributed by atoms with Gasteiger partial charge in [-0.15, -0.1) is 0 Å². The van der Waals surface area contributed by atoms with Crippen molar-refractivity contribution in [2.24, 2.45) is 0 Å². The maximum absolute atomic E-state index is 10.8. The quantitative estimate of drug-likeness (QED) is 0.887. The minimum atomic E-state index is -0.833. The molecule has 1 aliphatic rings. The molecular formula is C15H16N2O2. The van der Waals surface area contributed by atoms with Crippen LogP contribution in [-0.2, 0) is 24.1 Å². The normalized spacial score (nSPS) is 14.1. The van der Waals surface area contributed by atoms with Crippen molar-refractivity contribution in [2.45, 2.75) is 32.1 Å². The van der Waals surface area contributed by atoms with E-state index in [2.05, 4.69) is 28.4 Å². The van der Waals surface area contributed by atoms with Crippen molar-refractivity contribution in [3.63, 3.8) is 0 Å². The van der Waals surface area contributed by atoms with Crippen LogP contribution in [0, 0.1) is 0 Å². The third-order valence-corrected chi connectivity index (χ3v) is 3.70. The number of benzene rings is 1. The van der Waals surface area contributed by atoms with E-state index in [1.165, 1.54) is 24.0 Å². The van der Waals surface area contributed by atoms with Gasteiger partial charge in [0.2, 0.25) is 0 Å². The molecule has 1 heterocycles. The van der Waals surface area contributed by atoms with E-state index in [-0.39, 0.29) is 6.42 Å². The Hall–Kier alpha value is -2.10. The number of aryl methyl sites for hydroxylation is 2. The number of H-pyrrole nitrogens is 1. The Balaban J connectivity index is 1.98. The average Bonchev–Trinajstić information content (AvgIpc) is 2.85. The average molecular weight is 256 g/mol. The van der Waals surface area contributed by atoms with Crippen LogP contribution in [-0.4, -0.2) is 21.3 Å². The third-order valence-electron chi connectivity index (χ3n) is 3.70. The van der Waals surface area contributed by atoms with E-state index in [1.807, 2.05) is 0 Å². The molecule has 0 saturated heterocycles. The van der Waals surface area contributed by atoms with Gasteiger partial charge in [0.15, 0.2) is 0 Å². The van der Waals surface area contributed by atoms with Gasteiger partial charge in [-0.05, 0) is 42.9 Å². The van der Waals surface area contributed by atoms with Gasteiger partial charge >= 0.3 is 5.97 Å². The highest BCUT2D eigenvalue weighted by atomic mass is 16.4. The van der Waals surface area contributed by atoms with Gasteiger partial charge in [0, 0.05) is 11.1 Å². The van der Waals surface area contributed by atoms with Crippen molar-refractivity contribution >= 4 is 5.97 Å². The lowest BCUT2D eigenvalue weighted by Gasteiger charge is -2.16. The van der Waals surface area contributed by atoms with Crippen LogP contribution in [0.2, 0.25) is 0 Å². The summed E-state index contributed by atoms with van der Waals surface area (Å²) in [6, 6.07) is 6.39. The van der Waals surface area contributed by atoms with Crippen molar-refractivity contribution in [1.82, 2.24) is 10.2 Å². The smallest absolute Gasteiger partial charge is 0.307 e. The number of carbonyl (C=O) groups is 1. The molecule has 3 rings (SSSR count). The molecular weight excluding hydrogens is 240 g/mol. The predicted octanol–water partition coefficient (Wildman–Crippen LogP) is 2.58. The Kier molecular flexibility index (Phi) is 3.07. The molecule has 4 nitrogen and oxygen atoms in total. The molecule has 0 spiro atoms. The zero-order valence-electron chi connectivity index (χ0n) is 10.6. The lowest BCUT2D eigenvalue weighted by atomic mass is 9.89. The summed E-state index contributed by atoms with van der Waals surface area (Å²) in [7, 11) is 0. The Morgan fingerprint density at radius 2 is 2.05 bits per heavy atom. The zero-order valence-corrected chi connectivity index (χ0v) is 10.6. The van der Waals surface area contributed by atoms with Crippen LogP contribution in [0.5, 0.6) is 0 Å². The fourth-order valence-electron chi connectivity index (χ4n) is 2.75. The van der Waals surface area contributed by atoms with E-state index in [9.17, 15) is 4.79 Å². The highest BCUT2D eigenvalue weighted by molar-refractivity contribution is 5.75. The molecule has 1 aromatic heterocycles. The Morgan fingerprint density at radius 1 is 1.26 bits per heavy atom. The summed E-state index contributed by atoms with van der Waals surface area (Å²) in [5, 5.41) is 15.8. The van der Waals surface area contributed by atoms with E-state index < -0.39 is 5.97 Å². The number of rotatable bonds is 3. The molecule has 98 valence electrons. The van der Waals surface area contributed by atoms with Crippen molar-refractivity contribution in [3.05, 3.63) is 41.1 Å². The molecule has 0 amide bonds. The molecule has 0 unspecified atom stereocenters. The van der Waals surface area contributed by atoms with E-state index in [1.54, 1.807) is 6.20 Å². The van der Waals surface area contributed by atoms with Crippen LogP contribution >= 0.6 is 0 Å². The number of nitrogens with zero attached hydrogens (tertiary/aromatic N) is 1. The number of hydrogen-bond acceptors (Lipinski definition) is 2. The van der Waals surface area contributed by atoms with Crippen molar-refractivity contribution in [1.29, 1.82) is 0 Å². The molecule has 2 aromatic rings. The largest absolute Gasteiger partial charge is 0.481 e. The Morgan fingerprint density at radius 3 is 2.84 bits per heavy atom. The van der Waals surface area contributed by atoms with Gasteiger partial charge in [-0.1, -0.05) is 12.1 Å². The molecule has 0 fully saturated rings. The van der Waals surface area contributed by atoms with Crippen LogP contribution in [0.4, 0.5) is 0 Å². The second kappa shape index (κ2) is 4.88. The summed E-state index contributed by atoms with van der Waals surface area (Å²) in [4.78, 5) is 10.8. The number of fused-ring (bicyclic) bond motifs is 1. The van der Waals surface area contributed by atoms with Crippen molar-refractivity contribution < 1.29 is 9.90 Å². The molecule has 1 aliphatic carbocycles.